The molecular formula is C18H14N2S. The lowest BCUT2D eigenvalue weighted by Gasteiger charge is -2.04. The molecule has 3 heteroatoms. The van der Waals surface area contributed by atoms with Crippen LogP contribution in [0.15, 0.2) is 66.0 Å². The summed E-state index contributed by atoms with van der Waals surface area (Å²) in [5, 5.41) is 14.4. The van der Waals surface area contributed by atoms with E-state index in [1.807, 2.05) is 30.3 Å². The summed E-state index contributed by atoms with van der Waals surface area (Å²) in [6.45, 7) is 0.770. The molecule has 0 amide bonds. The zero-order chi connectivity index (χ0) is 14.5. The van der Waals surface area contributed by atoms with Crippen molar-refractivity contribution in [1.82, 2.24) is 0 Å². The minimum absolute atomic E-state index is 0.677. The lowest BCUT2D eigenvalue weighted by atomic mass is 10.1. The molecule has 0 saturated carbocycles. The van der Waals surface area contributed by atoms with Crippen molar-refractivity contribution in [3.8, 4) is 17.2 Å². The van der Waals surface area contributed by atoms with Gasteiger partial charge in [0.2, 0.25) is 0 Å². The van der Waals surface area contributed by atoms with Gasteiger partial charge in [0.15, 0.2) is 0 Å². The topological polar surface area (TPSA) is 35.8 Å². The fraction of sp³-hybridized carbons (Fsp3) is 0.0556. The van der Waals surface area contributed by atoms with Crippen LogP contribution in [0.1, 0.15) is 10.4 Å². The average Bonchev–Trinajstić information content (AvgIpc) is 3.03. The second-order valence-corrected chi connectivity index (χ2v) is 5.71. The summed E-state index contributed by atoms with van der Waals surface area (Å²) in [7, 11) is 0. The molecule has 21 heavy (non-hydrogen) atoms. The number of hydrogen-bond donors (Lipinski definition) is 1. The summed E-state index contributed by atoms with van der Waals surface area (Å²) in [6.07, 6.45) is 0. The van der Waals surface area contributed by atoms with E-state index in [1.165, 1.54) is 16.0 Å². The first-order chi connectivity index (χ1) is 10.3. The summed E-state index contributed by atoms with van der Waals surface area (Å²) >= 11 is 1.75. The normalized spacial score (nSPS) is 10.0. The molecule has 0 spiro atoms. The van der Waals surface area contributed by atoms with Gasteiger partial charge in [-0.2, -0.15) is 5.26 Å². The Morgan fingerprint density at radius 2 is 1.81 bits per heavy atom. The Morgan fingerprint density at radius 3 is 2.62 bits per heavy atom. The highest BCUT2D eigenvalue weighted by Gasteiger charge is 2.02. The lowest BCUT2D eigenvalue weighted by Crippen LogP contribution is -1.97. The molecule has 0 saturated heterocycles. The number of nitriles is 1. The summed E-state index contributed by atoms with van der Waals surface area (Å²) in [5.74, 6) is 0. The van der Waals surface area contributed by atoms with Crippen LogP contribution in [0.4, 0.5) is 5.69 Å². The van der Waals surface area contributed by atoms with Crippen LogP contribution >= 0.6 is 11.3 Å². The molecule has 2 aromatic carbocycles. The molecular weight excluding hydrogens is 276 g/mol. The molecule has 0 atom stereocenters. The molecule has 2 nitrogen and oxygen atoms in total. The number of nitrogens with one attached hydrogen (secondary N) is 1. The van der Waals surface area contributed by atoms with Gasteiger partial charge >= 0.3 is 0 Å². The quantitative estimate of drug-likeness (QED) is 0.742. The highest BCUT2D eigenvalue weighted by atomic mass is 32.1. The highest BCUT2D eigenvalue weighted by Crippen LogP contribution is 2.26. The standard InChI is InChI=1S/C18H14N2S/c19-11-14-5-4-8-17(9-14)20-12-18-10-16(13-21-18)15-6-2-1-3-7-15/h1-10,13,20H,12H2. The predicted octanol–water partition coefficient (Wildman–Crippen LogP) is 4.90. The first-order valence-corrected chi connectivity index (χ1v) is 7.60. The summed E-state index contributed by atoms with van der Waals surface area (Å²) < 4.78 is 0. The average molecular weight is 290 g/mol. The van der Waals surface area contributed by atoms with Crippen LogP contribution in [0.25, 0.3) is 11.1 Å². The van der Waals surface area contributed by atoms with E-state index in [-0.39, 0.29) is 0 Å². The molecule has 0 fully saturated rings. The van der Waals surface area contributed by atoms with E-state index in [2.05, 4.69) is 47.1 Å². The van der Waals surface area contributed by atoms with E-state index in [0.29, 0.717) is 5.56 Å². The second kappa shape index (κ2) is 6.25. The number of hydrogen-bond acceptors (Lipinski definition) is 3. The van der Waals surface area contributed by atoms with E-state index in [4.69, 9.17) is 5.26 Å². The summed E-state index contributed by atoms with van der Waals surface area (Å²) in [5.41, 5.74) is 4.15. The molecule has 0 aliphatic rings. The Morgan fingerprint density at radius 1 is 0.952 bits per heavy atom. The van der Waals surface area contributed by atoms with Gasteiger partial charge < -0.3 is 5.32 Å². The smallest absolute Gasteiger partial charge is 0.0992 e. The van der Waals surface area contributed by atoms with Crippen LogP contribution in [-0.2, 0) is 6.54 Å². The maximum absolute atomic E-state index is 8.90. The van der Waals surface area contributed by atoms with Crippen molar-refractivity contribution in [2.45, 2.75) is 6.54 Å². The van der Waals surface area contributed by atoms with Gasteiger partial charge in [-0.3, -0.25) is 0 Å². The zero-order valence-electron chi connectivity index (χ0n) is 11.4. The maximum atomic E-state index is 8.90. The SMILES string of the molecule is N#Cc1cccc(NCc2cc(-c3ccccc3)cs2)c1. The zero-order valence-corrected chi connectivity index (χ0v) is 12.2. The van der Waals surface area contributed by atoms with Crippen LogP contribution in [0.5, 0.6) is 0 Å². The van der Waals surface area contributed by atoms with Crippen molar-refractivity contribution in [1.29, 1.82) is 5.26 Å². The van der Waals surface area contributed by atoms with Gasteiger partial charge in [0.05, 0.1) is 11.6 Å². The summed E-state index contributed by atoms with van der Waals surface area (Å²) in [6, 6.07) is 22.3. The molecule has 102 valence electrons. The van der Waals surface area contributed by atoms with Crippen LogP contribution in [-0.4, -0.2) is 0 Å². The largest absolute Gasteiger partial charge is 0.380 e. The predicted molar refractivity (Wildman–Crippen MR) is 88.2 cm³/mol. The second-order valence-electron chi connectivity index (χ2n) is 4.71. The minimum Gasteiger partial charge on any atom is -0.380 e. The van der Waals surface area contributed by atoms with Gasteiger partial charge in [-0.05, 0) is 40.8 Å². The molecule has 0 aliphatic carbocycles. The number of rotatable bonds is 4. The van der Waals surface area contributed by atoms with E-state index < -0.39 is 0 Å². The summed E-state index contributed by atoms with van der Waals surface area (Å²) in [4.78, 5) is 1.27. The monoisotopic (exact) mass is 290 g/mol. The third-order valence-corrected chi connectivity index (χ3v) is 4.16. The van der Waals surface area contributed by atoms with Gasteiger partial charge in [-0.25, -0.2) is 0 Å². The first-order valence-electron chi connectivity index (χ1n) is 6.72. The van der Waals surface area contributed by atoms with Crippen LogP contribution < -0.4 is 5.32 Å². The molecule has 3 aromatic rings. The number of anilines is 1. The number of benzene rings is 2. The fourth-order valence-electron chi connectivity index (χ4n) is 2.14. The molecule has 0 radical (unpaired) electrons. The Hall–Kier alpha value is -2.57. The molecule has 1 heterocycles. The molecule has 0 bridgehead atoms. The van der Waals surface area contributed by atoms with Crippen molar-refractivity contribution in [3.05, 3.63) is 76.5 Å². The van der Waals surface area contributed by atoms with Gasteiger partial charge in [0.25, 0.3) is 0 Å². The van der Waals surface area contributed by atoms with Crippen LogP contribution in [0, 0.1) is 11.3 Å². The third-order valence-electron chi connectivity index (χ3n) is 3.22. The minimum atomic E-state index is 0.677. The van der Waals surface area contributed by atoms with Gasteiger partial charge in [0.1, 0.15) is 0 Å². The maximum Gasteiger partial charge on any atom is 0.0992 e. The van der Waals surface area contributed by atoms with E-state index >= 15 is 0 Å². The molecule has 0 unspecified atom stereocenters. The molecule has 1 aromatic heterocycles. The van der Waals surface area contributed by atoms with Crippen molar-refractivity contribution < 1.29 is 0 Å². The van der Waals surface area contributed by atoms with Crippen LogP contribution in [0.2, 0.25) is 0 Å². The Labute approximate surface area is 128 Å². The first kappa shape index (κ1) is 13.4. The third kappa shape index (κ3) is 3.31. The van der Waals surface area contributed by atoms with Crippen LogP contribution in [0.3, 0.4) is 0 Å². The molecule has 1 N–H and O–H groups in total. The van der Waals surface area contributed by atoms with E-state index in [0.717, 1.165) is 12.2 Å². The van der Waals surface area contributed by atoms with Gasteiger partial charge in [0, 0.05) is 17.1 Å². The van der Waals surface area contributed by atoms with Gasteiger partial charge in [-0.1, -0.05) is 36.4 Å². The van der Waals surface area contributed by atoms with Crippen molar-refractivity contribution in [3.63, 3.8) is 0 Å². The Kier molecular flexibility index (Phi) is 3.99. The lowest BCUT2D eigenvalue weighted by molar-refractivity contribution is 1.19. The van der Waals surface area contributed by atoms with Crippen molar-refractivity contribution in [2.75, 3.05) is 5.32 Å². The fourth-order valence-corrected chi connectivity index (χ4v) is 2.98. The van der Waals surface area contributed by atoms with Crippen molar-refractivity contribution >= 4 is 17.0 Å². The van der Waals surface area contributed by atoms with Gasteiger partial charge in [-0.15, -0.1) is 11.3 Å². The highest BCUT2D eigenvalue weighted by molar-refractivity contribution is 7.10. The Balaban J connectivity index is 1.69. The van der Waals surface area contributed by atoms with Crippen molar-refractivity contribution in [2.24, 2.45) is 0 Å². The Bertz CT molecular complexity index is 769. The number of nitrogens with zero attached hydrogens (tertiary/aromatic N) is 1. The molecule has 3 rings (SSSR count). The van der Waals surface area contributed by atoms with E-state index in [9.17, 15) is 0 Å². The number of thiophene rings is 1. The van der Waals surface area contributed by atoms with E-state index in [1.54, 1.807) is 11.3 Å². The molecule has 0 aliphatic heterocycles.